The van der Waals surface area contributed by atoms with E-state index in [2.05, 4.69) is 0 Å². The van der Waals surface area contributed by atoms with Gasteiger partial charge in [0, 0.05) is 35.2 Å². The molecule has 1 fully saturated rings. The number of hydrogen-bond donors (Lipinski definition) is 3. The maximum absolute atomic E-state index is 12.9. The molecule has 1 aromatic heterocycles. The molecule has 160 valence electrons. The largest absolute Gasteiger partial charge is 0.507 e. The third-order valence-electron chi connectivity index (χ3n) is 5.84. The molecule has 0 radical (unpaired) electrons. The molecule has 3 aromatic rings. The fourth-order valence-electron chi connectivity index (χ4n) is 4.26. The fourth-order valence-corrected chi connectivity index (χ4v) is 4.48. The molecule has 4 rings (SSSR count). The molecule has 2 atom stereocenters. The number of hydrogen-bond acceptors (Lipinski definition) is 6. The van der Waals surface area contributed by atoms with Gasteiger partial charge in [-0.1, -0.05) is 23.7 Å². The molecular weight excluding hydrogens is 429 g/mol. The van der Waals surface area contributed by atoms with Gasteiger partial charge in [-0.15, -0.1) is 12.4 Å². The lowest BCUT2D eigenvalue weighted by Crippen LogP contribution is -2.32. The molecule has 6 nitrogen and oxygen atoms in total. The van der Waals surface area contributed by atoms with E-state index in [0.29, 0.717) is 22.6 Å². The van der Waals surface area contributed by atoms with Gasteiger partial charge in [0.05, 0.1) is 11.6 Å². The van der Waals surface area contributed by atoms with Crippen molar-refractivity contribution in [1.82, 2.24) is 4.90 Å². The first-order chi connectivity index (χ1) is 13.8. The lowest BCUT2D eigenvalue weighted by Gasteiger charge is -2.24. The van der Waals surface area contributed by atoms with Crippen LogP contribution < -0.4 is 5.43 Å². The Hall–Kier alpha value is -2.25. The zero-order valence-corrected chi connectivity index (χ0v) is 18.1. The molecule has 0 bridgehead atoms. The predicted octanol–water partition coefficient (Wildman–Crippen LogP) is 4.03. The van der Waals surface area contributed by atoms with Crippen molar-refractivity contribution in [3.05, 3.63) is 56.7 Å². The monoisotopic (exact) mass is 451 g/mol. The van der Waals surface area contributed by atoms with E-state index in [1.54, 1.807) is 6.07 Å². The van der Waals surface area contributed by atoms with Crippen molar-refractivity contribution < 1.29 is 19.7 Å². The Morgan fingerprint density at radius 2 is 1.97 bits per heavy atom. The maximum Gasteiger partial charge on any atom is 0.197 e. The average molecular weight is 452 g/mol. The number of phenolic OH excluding ortho intramolecular Hbond substituents is 2. The second kappa shape index (κ2) is 8.47. The van der Waals surface area contributed by atoms with E-state index in [9.17, 15) is 20.1 Å². The minimum absolute atomic E-state index is 0. The Balaban J connectivity index is 0.00000256. The van der Waals surface area contributed by atoms with Crippen LogP contribution in [-0.2, 0) is 0 Å². The van der Waals surface area contributed by atoms with E-state index in [0.717, 1.165) is 12.1 Å². The van der Waals surface area contributed by atoms with Crippen LogP contribution in [0.1, 0.15) is 23.5 Å². The van der Waals surface area contributed by atoms with Crippen LogP contribution in [0.4, 0.5) is 0 Å². The van der Waals surface area contributed by atoms with E-state index < -0.39 is 5.43 Å². The number of fused-ring (bicyclic) bond motifs is 1. The Bertz CT molecular complexity index is 1160. The molecule has 8 heteroatoms. The van der Waals surface area contributed by atoms with Crippen molar-refractivity contribution in [1.29, 1.82) is 0 Å². The summed E-state index contributed by atoms with van der Waals surface area (Å²) in [6.07, 6.45) is 0.675. The molecule has 0 aliphatic carbocycles. The highest BCUT2D eigenvalue weighted by atomic mass is 35.5. The zero-order valence-electron chi connectivity index (χ0n) is 16.6. The SMILES string of the molecule is Cc1cccc(-c2cc(=O)c3c(O)cc(O)c([C@@H]4CCN(C)[C@H]4CO)c3o2)c1Cl.Cl. The third kappa shape index (κ3) is 3.54. The van der Waals surface area contributed by atoms with Crippen molar-refractivity contribution in [3.8, 4) is 22.8 Å². The molecular formula is C22H23Cl2NO5. The van der Waals surface area contributed by atoms with E-state index in [1.807, 2.05) is 31.0 Å². The molecule has 3 N–H and O–H groups in total. The quantitative estimate of drug-likeness (QED) is 0.556. The van der Waals surface area contributed by atoms with Crippen LogP contribution in [0.15, 0.2) is 39.5 Å². The molecule has 1 aliphatic heterocycles. The van der Waals surface area contributed by atoms with Crippen LogP contribution in [0.5, 0.6) is 11.5 Å². The fraction of sp³-hybridized carbons (Fsp3) is 0.318. The lowest BCUT2D eigenvalue weighted by atomic mass is 9.89. The number of aryl methyl sites for hydroxylation is 1. The van der Waals surface area contributed by atoms with Gasteiger partial charge in [-0.2, -0.15) is 0 Å². The number of rotatable bonds is 3. The molecule has 0 saturated carbocycles. The van der Waals surface area contributed by atoms with Crippen LogP contribution in [0.2, 0.25) is 5.02 Å². The van der Waals surface area contributed by atoms with E-state index in [1.165, 1.54) is 12.1 Å². The molecule has 1 aliphatic rings. The Morgan fingerprint density at radius 1 is 1.23 bits per heavy atom. The number of aliphatic hydroxyl groups excluding tert-OH is 1. The summed E-state index contributed by atoms with van der Waals surface area (Å²) in [5.74, 6) is -0.498. The number of nitrogens with zero attached hydrogens (tertiary/aromatic N) is 1. The average Bonchev–Trinajstić information content (AvgIpc) is 3.03. The van der Waals surface area contributed by atoms with E-state index in [-0.39, 0.29) is 59.2 Å². The number of halogens is 2. The Morgan fingerprint density at radius 3 is 2.67 bits per heavy atom. The standard InChI is InChI=1S/C22H22ClNO5.ClH/c1-11-4-3-5-13(21(11)23)18-9-17(28)20-16(27)8-15(26)19(22(20)29-18)12-6-7-24(2)14(12)10-25;/h3-5,8-9,12,14,25-27H,6-7,10H2,1-2H3;1H/t12-,14+;/m1./s1. The first-order valence-corrected chi connectivity index (χ1v) is 9.80. The second-order valence-corrected chi connectivity index (χ2v) is 7.95. The van der Waals surface area contributed by atoms with Crippen LogP contribution in [0.3, 0.4) is 0 Å². The van der Waals surface area contributed by atoms with Crippen molar-refractivity contribution in [2.24, 2.45) is 0 Å². The first kappa shape index (κ1) is 22.4. The van der Waals surface area contributed by atoms with Gasteiger partial charge in [-0.3, -0.25) is 4.79 Å². The second-order valence-electron chi connectivity index (χ2n) is 7.57. The number of aliphatic hydroxyl groups is 1. The molecule has 2 aromatic carbocycles. The van der Waals surface area contributed by atoms with E-state index >= 15 is 0 Å². The number of likely N-dealkylation sites (tertiary alicyclic amines) is 1. The minimum Gasteiger partial charge on any atom is -0.507 e. The molecule has 0 unspecified atom stereocenters. The smallest absolute Gasteiger partial charge is 0.197 e. The predicted molar refractivity (Wildman–Crippen MR) is 119 cm³/mol. The summed E-state index contributed by atoms with van der Waals surface area (Å²) in [4.78, 5) is 14.9. The molecule has 30 heavy (non-hydrogen) atoms. The summed E-state index contributed by atoms with van der Waals surface area (Å²) in [5.41, 5.74) is 1.51. The van der Waals surface area contributed by atoms with Crippen molar-refractivity contribution in [2.75, 3.05) is 20.2 Å². The topological polar surface area (TPSA) is 94.1 Å². The highest BCUT2D eigenvalue weighted by Crippen LogP contribution is 2.44. The van der Waals surface area contributed by atoms with Crippen LogP contribution in [-0.4, -0.2) is 46.5 Å². The van der Waals surface area contributed by atoms with Crippen molar-refractivity contribution >= 4 is 35.0 Å². The Kier molecular flexibility index (Phi) is 6.34. The number of benzene rings is 2. The highest BCUT2D eigenvalue weighted by Gasteiger charge is 2.36. The summed E-state index contributed by atoms with van der Waals surface area (Å²) in [5, 5.41) is 31.3. The van der Waals surface area contributed by atoms with E-state index in [4.69, 9.17) is 16.0 Å². The number of likely N-dealkylation sites (N-methyl/N-ethyl adjacent to an activating group) is 1. The first-order valence-electron chi connectivity index (χ1n) is 9.42. The van der Waals surface area contributed by atoms with Gasteiger partial charge in [0.2, 0.25) is 0 Å². The maximum atomic E-state index is 12.9. The molecule has 0 spiro atoms. The van der Waals surface area contributed by atoms with Crippen LogP contribution in [0.25, 0.3) is 22.3 Å². The van der Waals surface area contributed by atoms with Gasteiger partial charge in [-0.05, 0) is 38.6 Å². The van der Waals surface area contributed by atoms with Crippen molar-refractivity contribution in [3.63, 3.8) is 0 Å². The third-order valence-corrected chi connectivity index (χ3v) is 6.34. The normalized spacial score (nSPS) is 19.2. The van der Waals surface area contributed by atoms with Gasteiger partial charge < -0.3 is 24.6 Å². The highest BCUT2D eigenvalue weighted by molar-refractivity contribution is 6.34. The lowest BCUT2D eigenvalue weighted by molar-refractivity contribution is 0.172. The van der Waals surface area contributed by atoms with Crippen LogP contribution >= 0.6 is 24.0 Å². The Labute approximate surface area is 184 Å². The minimum atomic E-state index is -0.426. The zero-order chi connectivity index (χ0) is 20.9. The summed E-state index contributed by atoms with van der Waals surface area (Å²) < 4.78 is 6.09. The van der Waals surface area contributed by atoms with Gasteiger partial charge in [0.25, 0.3) is 0 Å². The number of aromatic hydroxyl groups is 2. The molecule has 0 amide bonds. The van der Waals surface area contributed by atoms with Gasteiger partial charge in [-0.25, -0.2) is 0 Å². The summed E-state index contributed by atoms with van der Waals surface area (Å²) >= 11 is 6.42. The summed E-state index contributed by atoms with van der Waals surface area (Å²) in [7, 11) is 1.90. The summed E-state index contributed by atoms with van der Waals surface area (Å²) in [6, 6.07) is 7.66. The number of phenols is 2. The van der Waals surface area contributed by atoms with Gasteiger partial charge in [0.1, 0.15) is 28.2 Å². The van der Waals surface area contributed by atoms with Gasteiger partial charge in [0.15, 0.2) is 5.43 Å². The van der Waals surface area contributed by atoms with Crippen LogP contribution in [0, 0.1) is 6.92 Å². The molecule has 2 heterocycles. The van der Waals surface area contributed by atoms with Crippen molar-refractivity contribution in [2.45, 2.75) is 25.3 Å². The van der Waals surface area contributed by atoms with Gasteiger partial charge >= 0.3 is 0 Å². The summed E-state index contributed by atoms with van der Waals surface area (Å²) in [6.45, 7) is 2.48. The molecule has 1 saturated heterocycles.